The van der Waals surface area contributed by atoms with Crippen LogP contribution >= 0.6 is 0 Å². The summed E-state index contributed by atoms with van der Waals surface area (Å²) in [6.07, 6.45) is 0. The third kappa shape index (κ3) is 2.94. The van der Waals surface area contributed by atoms with Crippen molar-refractivity contribution in [3.05, 3.63) is 0 Å². The predicted molar refractivity (Wildman–Crippen MR) is 63.7 cm³/mol. The van der Waals surface area contributed by atoms with Crippen molar-refractivity contribution in [2.45, 2.75) is 26.8 Å². The van der Waals surface area contributed by atoms with Gasteiger partial charge in [-0.25, -0.2) is 4.99 Å². The molecule has 0 bridgehead atoms. The fraction of sp³-hybridized carbons (Fsp3) is 0.818. The first-order chi connectivity index (χ1) is 7.06. The first kappa shape index (κ1) is 12.0. The average molecular weight is 211 g/mol. The summed E-state index contributed by atoms with van der Waals surface area (Å²) >= 11 is 0. The van der Waals surface area contributed by atoms with Gasteiger partial charge in [0.2, 0.25) is 5.90 Å². The highest BCUT2D eigenvalue weighted by molar-refractivity contribution is 5.94. The highest BCUT2D eigenvalue weighted by Gasteiger charge is 2.25. The fourth-order valence-electron chi connectivity index (χ4n) is 1.47. The number of likely N-dealkylation sites (N-methyl/N-ethyl adjacent to an activating group) is 1. The lowest BCUT2D eigenvalue weighted by molar-refractivity contribution is 0.298. The van der Waals surface area contributed by atoms with Gasteiger partial charge in [-0.1, -0.05) is 13.8 Å². The van der Waals surface area contributed by atoms with Gasteiger partial charge in [-0.2, -0.15) is 0 Å². The molecule has 1 atom stereocenters. The van der Waals surface area contributed by atoms with Crippen LogP contribution in [0, 0.1) is 5.92 Å². The Kier molecular flexibility index (Phi) is 4.12. The highest BCUT2D eigenvalue weighted by Crippen LogP contribution is 2.14. The molecule has 86 valence electrons. The molecule has 0 aliphatic carbocycles. The van der Waals surface area contributed by atoms with Gasteiger partial charge in [0.05, 0.1) is 6.61 Å². The van der Waals surface area contributed by atoms with Gasteiger partial charge in [-0.3, -0.25) is 4.99 Å². The normalized spacial score (nSPS) is 21.1. The summed E-state index contributed by atoms with van der Waals surface area (Å²) in [4.78, 5) is 11.1. The Bertz CT molecular complexity index is 269. The van der Waals surface area contributed by atoms with E-state index in [0.29, 0.717) is 19.1 Å². The van der Waals surface area contributed by atoms with Crippen LogP contribution in [0.5, 0.6) is 0 Å². The van der Waals surface area contributed by atoms with Gasteiger partial charge in [0, 0.05) is 14.1 Å². The molecule has 4 nitrogen and oxygen atoms in total. The fourth-order valence-corrected chi connectivity index (χ4v) is 1.47. The summed E-state index contributed by atoms with van der Waals surface area (Å²) in [7, 11) is 3.99. The van der Waals surface area contributed by atoms with E-state index in [4.69, 9.17) is 4.74 Å². The molecule has 0 aromatic heterocycles. The van der Waals surface area contributed by atoms with E-state index in [1.54, 1.807) is 0 Å². The van der Waals surface area contributed by atoms with E-state index in [9.17, 15) is 0 Å². The van der Waals surface area contributed by atoms with Crippen molar-refractivity contribution in [2.75, 3.05) is 27.2 Å². The number of rotatable bonds is 2. The van der Waals surface area contributed by atoms with Crippen molar-refractivity contribution < 1.29 is 4.74 Å². The molecule has 15 heavy (non-hydrogen) atoms. The predicted octanol–water partition coefficient (Wildman–Crippen LogP) is 1.42. The van der Waals surface area contributed by atoms with Crippen LogP contribution in [0.15, 0.2) is 9.98 Å². The topological polar surface area (TPSA) is 37.2 Å². The smallest absolute Gasteiger partial charge is 0.209 e. The second kappa shape index (κ2) is 5.14. The van der Waals surface area contributed by atoms with Gasteiger partial charge in [-0.05, 0) is 12.8 Å². The molecule has 1 aliphatic rings. The van der Waals surface area contributed by atoms with Crippen LogP contribution in [-0.4, -0.2) is 49.9 Å². The molecule has 0 saturated heterocycles. The van der Waals surface area contributed by atoms with Crippen molar-refractivity contribution in [3.63, 3.8) is 0 Å². The van der Waals surface area contributed by atoms with Crippen molar-refractivity contribution in [1.29, 1.82) is 0 Å². The molecular weight excluding hydrogens is 190 g/mol. The molecule has 0 saturated carbocycles. The maximum absolute atomic E-state index is 5.51. The molecule has 0 amide bonds. The number of aliphatic imine (C=N–C) groups is 2. The van der Waals surface area contributed by atoms with E-state index in [2.05, 4.69) is 23.8 Å². The molecule has 0 radical (unpaired) electrons. The molecule has 4 heteroatoms. The van der Waals surface area contributed by atoms with Crippen LogP contribution < -0.4 is 0 Å². The minimum atomic E-state index is 0.0797. The zero-order valence-electron chi connectivity index (χ0n) is 10.3. The minimum absolute atomic E-state index is 0.0797. The molecular formula is C11H21N3O. The van der Waals surface area contributed by atoms with Crippen molar-refractivity contribution >= 4 is 11.7 Å². The number of hydrogen-bond donors (Lipinski definition) is 0. The number of amidine groups is 1. The van der Waals surface area contributed by atoms with Crippen LogP contribution in [-0.2, 0) is 4.74 Å². The maximum Gasteiger partial charge on any atom is 0.209 e. The molecule has 0 spiro atoms. The van der Waals surface area contributed by atoms with Gasteiger partial charge >= 0.3 is 0 Å². The Labute approximate surface area is 92.0 Å². The van der Waals surface area contributed by atoms with Crippen molar-refractivity contribution in [1.82, 2.24) is 4.90 Å². The first-order valence-corrected chi connectivity index (χ1v) is 5.47. The Morgan fingerprint density at radius 3 is 2.60 bits per heavy atom. The number of hydrogen-bond acceptors (Lipinski definition) is 4. The van der Waals surface area contributed by atoms with Crippen molar-refractivity contribution in [3.8, 4) is 0 Å². The number of nitrogens with zero attached hydrogens (tertiary/aromatic N) is 3. The SMILES string of the molecule is CCOC1=NCC(N(C)C)=N[C@H]1C(C)C. The van der Waals surface area contributed by atoms with Crippen LogP contribution in [0.4, 0.5) is 0 Å². The van der Waals surface area contributed by atoms with Gasteiger partial charge in [-0.15, -0.1) is 0 Å². The largest absolute Gasteiger partial charge is 0.480 e. The van der Waals surface area contributed by atoms with Crippen LogP contribution in [0.2, 0.25) is 0 Å². The lowest BCUT2D eigenvalue weighted by atomic mass is 10.0. The number of ether oxygens (including phenoxy) is 1. The van der Waals surface area contributed by atoms with Gasteiger partial charge < -0.3 is 9.64 Å². The summed E-state index contributed by atoms with van der Waals surface area (Å²) in [5.41, 5.74) is 0. The first-order valence-electron chi connectivity index (χ1n) is 5.47. The van der Waals surface area contributed by atoms with Gasteiger partial charge in [0.25, 0.3) is 0 Å². The van der Waals surface area contributed by atoms with E-state index < -0.39 is 0 Å². The lowest BCUT2D eigenvalue weighted by Crippen LogP contribution is -2.37. The average Bonchev–Trinajstić information content (AvgIpc) is 2.18. The zero-order chi connectivity index (χ0) is 11.4. The monoisotopic (exact) mass is 211 g/mol. The zero-order valence-corrected chi connectivity index (χ0v) is 10.3. The summed E-state index contributed by atoms with van der Waals surface area (Å²) in [5.74, 6) is 2.24. The molecule has 0 N–H and O–H groups in total. The second-order valence-electron chi connectivity index (χ2n) is 4.22. The Hall–Kier alpha value is -1.06. The summed E-state index contributed by atoms with van der Waals surface area (Å²) in [6, 6.07) is 0.0797. The summed E-state index contributed by atoms with van der Waals surface area (Å²) in [6.45, 7) is 7.55. The van der Waals surface area contributed by atoms with E-state index >= 15 is 0 Å². The van der Waals surface area contributed by atoms with Crippen molar-refractivity contribution in [2.24, 2.45) is 15.9 Å². The molecule has 0 aromatic carbocycles. The quantitative estimate of drug-likeness (QED) is 0.692. The van der Waals surface area contributed by atoms with Gasteiger partial charge in [0.1, 0.15) is 18.4 Å². The third-order valence-corrected chi connectivity index (χ3v) is 2.36. The highest BCUT2D eigenvalue weighted by atomic mass is 16.5. The molecule has 0 aromatic rings. The maximum atomic E-state index is 5.51. The molecule has 1 aliphatic heterocycles. The van der Waals surface area contributed by atoms with Crippen LogP contribution in [0.1, 0.15) is 20.8 Å². The molecule has 1 rings (SSSR count). The minimum Gasteiger partial charge on any atom is -0.480 e. The Morgan fingerprint density at radius 2 is 2.13 bits per heavy atom. The molecule has 0 unspecified atom stereocenters. The van der Waals surface area contributed by atoms with Crippen LogP contribution in [0.3, 0.4) is 0 Å². The van der Waals surface area contributed by atoms with E-state index in [1.165, 1.54) is 0 Å². The summed E-state index contributed by atoms with van der Waals surface area (Å²) < 4.78 is 5.51. The molecule has 1 heterocycles. The lowest BCUT2D eigenvalue weighted by Gasteiger charge is -2.26. The second-order valence-corrected chi connectivity index (χ2v) is 4.22. The Morgan fingerprint density at radius 1 is 1.47 bits per heavy atom. The van der Waals surface area contributed by atoms with Crippen LogP contribution in [0.25, 0.3) is 0 Å². The summed E-state index contributed by atoms with van der Waals surface area (Å²) in [5, 5.41) is 0. The van der Waals surface area contributed by atoms with E-state index in [-0.39, 0.29) is 6.04 Å². The van der Waals surface area contributed by atoms with E-state index in [0.717, 1.165) is 11.7 Å². The van der Waals surface area contributed by atoms with E-state index in [1.807, 2.05) is 25.9 Å². The van der Waals surface area contributed by atoms with Gasteiger partial charge in [0.15, 0.2) is 0 Å². The standard InChI is InChI=1S/C11H21N3O/c1-6-15-11-10(8(2)3)13-9(7-12-11)14(4)5/h8,10H,6-7H2,1-5H3/t10-/m0/s1. The third-order valence-electron chi connectivity index (χ3n) is 2.36. The molecule has 0 fully saturated rings. The Balaban J connectivity index is 2.80.